The maximum absolute atomic E-state index is 12.4. The van der Waals surface area contributed by atoms with Crippen LogP contribution in [0.15, 0.2) is 42.5 Å². The summed E-state index contributed by atoms with van der Waals surface area (Å²) in [5, 5.41) is 5.68. The zero-order valence-corrected chi connectivity index (χ0v) is 16.5. The summed E-state index contributed by atoms with van der Waals surface area (Å²) in [6, 6.07) is 12.8. The quantitative estimate of drug-likeness (QED) is 0.805. The third-order valence-corrected chi connectivity index (χ3v) is 4.60. The van der Waals surface area contributed by atoms with Crippen molar-refractivity contribution in [3.05, 3.63) is 59.2 Å². The summed E-state index contributed by atoms with van der Waals surface area (Å²) in [6.45, 7) is 6.96. The predicted molar refractivity (Wildman–Crippen MR) is 107 cm³/mol. The average Bonchev–Trinajstić information content (AvgIpc) is 2.69. The number of ether oxygens (including phenoxy) is 2. The molecule has 0 unspecified atom stereocenters. The zero-order valence-electron chi connectivity index (χ0n) is 16.5. The van der Waals surface area contributed by atoms with Crippen molar-refractivity contribution >= 4 is 11.8 Å². The van der Waals surface area contributed by atoms with E-state index in [2.05, 4.69) is 10.6 Å². The first kappa shape index (κ1) is 19.7. The monoisotopic (exact) mass is 382 g/mol. The van der Waals surface area contributed by atoms with E-state index in [4.69, 9.17) is 9.47 Å². The summed E-state index contributed by atoms with van der Waals surface area (Å²) in [6.07, 6.45) is 0. The molecular formula is C22H26N2O4. The van der Waals surface area contributed by atoms with E-state index < -0.39 is 0 Å². The fourth-order valence-electron chi connectivity index (χ4n) is 3.16. The van der Waals surface area contributed by atoms with Crippen LogP contribution in [0.1, 0.15) is 41.4 Å². The molecule has 0 radical (unpaired) electrons. The molecule has 0 aromatic heterocycles. The van der Waals surface area contributed by atoms with Gasteiger partial charge in [-0.05, 0) is 42.7 Å². The van der Waals surface area contributed by atoms with Crippen molar-refractivity contribution in [3.8, 4) is 11.5 Å². The van der Waals surface area contributed by atoms with Gasteiger partial charge in [0.05, 0.1) is 12.6 Å². The summed E-state index contributed by atoms with van der Waals surface area (Å²) in [5.74, 6) is 1.07. The first-order valence-corrected chi connectivity index (χ1v) is 9.48. The normalized spacial score (nSPS) is 13.7. The fraction of sp³-hybridized carbons (Fsp3) is 0.364. The second kappa shape index (κ2) is 8.78. The summed E-state index contributed by atoms with van der Waals surface area (Å²) in [7, 11) is 0. The van der Waals surface area contributed by atoms with Crippen LogP contribution >= 0.6 is 0 Å². The van der Waals surface area contributed by atoms with E-state index in [0.717, 1.165) is 11.1 Å². The SMILES string of the molecule is Cc1cccc(C(=O)NCC(=O)N[C@H](c2ccc3c(c2)OCCO3)C(C)C)c1. The minimum atomic E-state index is -0.265. The van der Waals surface area contributed by atoms with Crippen LogP contribution in [0, 0.1) is 12.8 Å². The number of hydrogen-bond donors (Lipinski definition) is 2. The third-order valence-electron chi connectivity index (χ3n) is 4.60. The van der Waals surface area contributed by atoms with Crippen LogP contribution in [-0.4, -0.2) is 31.6 Å². The predicted octanol–water partition coefficient (Wildman–Crippen LogP) is 3.01. The Labute approximate surface area is 165 Å². The molecule has 1 aliphatic rings. The highest BCUT2D eigenvalue weighted by atomic mass is 16.6. The van der Waals surface area contributed by atoms with Crippen molar-refractivity contribution in [1.82, 2.24) is 10.6 Å². The van der Waals surface area contributed by atoms with Crippen molar-refractivity contribution in [1.29, 1.82) is 0 Å². The lowest BCUT2D eigenvalue weighted by Gasteiger charge is -2.25. The lowest BCUT2D eigenvalue weighted by Crippen LogP contribution is -2.40. The first-order valence-electron chi connectivity index (χ1n) is 9.48. The van der Waals surface area contributed by atoms with Gasteiger partial charge < -0.3 is 20.1 Å². The van der Waals surface area contributed by atoms with Gasteiger partial charge in [-0.2, -0.15) is 0 Å². The Morgan fingerprint density at radius 1 is 1.04 bits per heavy atom. The molecule has 2 aromatic carbocycles. The Hall–Kier alpha value is -3.02. The molecule has 2 amide bonds. The van der Waals surface area contributed by atoms with Crippen molar-refractivity contribution in [2.24, 2.45) is 5.92 Å². The molecule has 2 N–H and O–H groups in total. The second-order valence-corrected chi connectivity index (χ2v) is 7.24. The number of fused-ring (bicyclic) bond motifs is 1. The van der Waals surface area contributed by atoms with E-state index in [-0.39, 0.29) is 30.3 Å². The van der Waals surface area contributed by atoms with Crippen molar-refractivity contribution in [2.45, 2.75) is 26.8 Å². The second-order valence-electron chi connectivity index (χ2n) is 7.24. The van der Waals surface area contributed by atoms with E-state index in [1.807, 2.05) is 51.1 Å². The minimum Gasteiger partial charge on any atom is -0.486 e. The van der Waals surface area contributed by atoms with E-state index in [0.29, 0.717) is 30.3 Å². The van der Waals surface area contributed by atoms with Gasteiger partial charge in [-0.25, -0.2) is 0 Å². The Bertz CT molecular complexity index is 863. The molecule has 1 aliphatic heterocycles. The van der Waals surface area contributed by atoms with Crippen molar-refractivity contribution in [2.75, 3.05) is 19.8 Å². The van der Waals surface area contributed by atoms with Crippen LogP contribution in [0.4, 0.5) is 0 Å². The molecule has 28 heavy (non-hydrogen) atoms. The number of amides is 2. The summed E-state index contributed by atoms with van der Waals surface area (Å²) in [5.41, 5.74) is 2.48. The lowest BCUT2D eigenvalue weighted by atomic mass is 9.95. The number of aryl methyl sites for hydroxylation is 1. The molecule has 0 fully saturated rings. The number of carbonyl (C=O) groups is 2. The van der Waals surface area contributed by atoms with Gasteiger partial charge in [-0.3, -0.25) is 9.59 Å². The lowest BCUT2D eigenvalue weighted by molar-refractivity contribution is -0.121. The van der Waals surface area contributed by atoms with E-state index in [1.54, 1.807) is 12.1 Å². The first-order chi connectivity index (χ1) is 13.4. The molecule has 1 heterocycles. The van der Waals surface area contributed by atoms with Gasteiger partial charge in [0.2, 0.25) is 5.91 Å². The van der Waals surface area contributed by atoms with Gasteiger partial charge >= 0.3 is 0 Å². The van der Waals surface area contributed by atoms with E-state index in [1.165, 1.54) is 0 Å². The molecule has 3 rings (SSSR count). The minimum absolute atomic E-state index is 0.0828. The Morgan fingerprint density at radius 3 is 2.50 bits per heavy atom. The summed E-state index contributed by atoms with van der Waals surface area (Å²) < 4.78 is 11.2. The molecule has 0 bridgehead atoms. The summed E-state index contributed by atoms with van der Waals surface area (Å²) in [4.78, 5) is 24.7. The number of benzene rings is 2. The maximum atomic E-state index is 12.4. The van der Waals surface area contributed by atoms with Crippen LogP contribution in [0.5, 0.6) is 11.5 Å². The molecule has 6 heteroatoms. The van der Waals surface area contributed by atoms with Gasteiger partial charge in [0.15, 0.2) is 11.5 Å². The van der Waals surface area contributed by atoms with Crippen LogP contribution in [0.2, 0.25) is 0 Å². The van der Waals surface area contributed by atoms with Gasteiger partial charge in [0.25, 0.3) is 5.91 Å². The maximum Gasteiger partial charge on any atom is 0.251 e. The molecule has 0 saturated carbocycles. The van der Waals surface area contributed by atoms with Gasteiger partial charge in [0.1, 0.15) is 13.2 Å². The number of carbonyl (C=O) groups excluding carboxylic acids is 2. The Kier molecular flexibility index (Phi) is 6.19. The highest BCUT2D eigenvalue weighted by Gasteiger charge is 2.21. The van der Waals surface area contributed by atoms with E-state index in [9.17, 15) is 9.59 Å². The molecule has 0 aliphatic carbocycles. The van der Waals surface area contributed by atoms with Gasteiger partial charge in [0, 0.05) is 5.56 Å². The molecular weight excluding hydrogens is 356 g/mol. The smallest absolute Gasteiger partial charge is 0.251 e. The molecule has 0 saturated heterocycles. The van der Waals surface area contributed by atoms with Crippen LogP contribution in [0.3, 0.4) is 0 Å². The zero-order chi connectivity index (χ0) is 20.1. The van der Waals surface area contributed by atoms with Crippen molar-refractivity contribution < 1.29 is 19.1 Å². The molecule has 148 valence electrons. The van der Waals surface area contributed by atoms with Crippen molar-refractivity contribution in [3.63, 3.8) is 0 Å². The van der Waals surface area contributed by atoms with Crippen LogP contribution in [0.25, 0.3) is 0 Å². The fourth-order valence-corrected chi connectivity index (χ4v) is 3.16. The highest BCUT2D eigenvalue weighted by molar-refractivity contribution is 5.96. The number of nitrogens with one attached hydrogen (secondary N) is 2. The van der Waals surface area contributed by atoms with Gasteiger partial charge in [-0.1, -0.05) is 37.6 Å². The molecule has 2 aromatic rings. The molecule has 1 atom stereocenters. The number of hydrogen-bond acceptors (Lipinski definition) is 4. The standard InChI is InChI=1S/C22H26N2O4/c1-14(2)21(16-7-8-18-19(12-16)28-10-9-27-18)24-20(25)13-23-22(26)17-6-4-5-15(3)11-17/h4-8,11-12,14,21H,9-10,13H2,1-3H3,(H,23,26)(H,24,25)/t21-/m0/s1. The topological polar surface area (TPSA) is 76.7 Å². The average molecular weight is 382 g/mol. The molecule has 6 nitrogen and oxygen atoms in total. The summed E-state index contributed by atoms with van der Waals surface area (Å²) >= 11 is 0. The Morgan fingerprint density at radius 2 is 1.79 bits per heavy atom. The highest BCUT2D eigenvalue weighted by Crippen LogP contribution is 2.34. The number of rotatable bonds is 6. The largest absolute Gasteiger partial charge is 0.486 e. The third kappa shape index (κ3) is 4.82. The Balaban J connectivity index is 1.62. The molecule has 0 spiro atoms. The van der Waals surface area contributed by atoms with Crippen LogP contribution in [-0.2, 0) is 4.79 Å². The van der Waals surface area contributed by atoms with Crippen LogP contribution < -0.4 is 20.1 Å². The van der Waals surface area contributed by atoms with E-state index >= 15 is 0 Å². The van der Waals surface area contributed by atoms with Gasteiger partial charge in [-0.15, -0.1) is 0 Å².